The number of esters is 1. The lowest BCUT2D eigenvalue weighted by Crippen LogP contribution is -2.43. The maximum Gasteiger partial charge on any atom is 0.344 e. The van der Waals surface area contributed by atoms with Crippen LogP contribution in [-0.2, 0) is 14.3 Å². The number of hydrazine groups is 1. The Morgan fingerprint density at radius 3 is 2.06 bits per heavy atom. The second-order valence-electron chi connectivity index (χ2n) is 6.99. The monoisotopic (exact) mass is 427 g/mol. The van der Waals surface area contributed by atoms with E-state index in [1.165, 1.54) is 0 Å². The third kappa shape index (κ3) is 7.65. The molecule has 0 bridgehead atoms. The summed E-state index contributed by atoms with van der Waals surface area (Å²) in [7, 11) is 0. The van der Waals surface area contributed by atoms with E-state index in [4.69, 9.17) is 9.47 Å². The van der Waals surface area contributed by atoms with Gasteiger partial charge in [-0.1, -0.05) is 6.07 Å². The Labute approximate surface area is 182 Å². The van der Waals surface area contributed by atoms with Crippen molar-refractivity contribution in [2.24, 2.45) is 0 Å². The minimum Gasteiger partial charge on any atom is -0.482 e. The highest BCUT2D eigenvalue weighted by atomic mass is 16.6. The van der Waals surface area contributed by atoms with Gasteiger partial charge in [-0.25, -0.2) is 4.79 Å². The molecule has 8 heteroatoms. The van der Waals surface area contributed by atoms with E-state index in [1.54, 1.807) is 24.3 Å². The van der Waals surface area contributed by atoms with E-state index in [1.807, 2.05) is 32.0 Å². The van der Waals surface area contributed by atoms with Crippen LogP contribution in [0.4, 0.5) is 5.69 Å². The Bertz CT molecular complexity index is 888. The first kappa shape index (κ1) is 23.7. The average molecular weight is 428 g/mol. The van der Waals surface area contributed by atoms with Gasteiger partial charge in [0, 0.05) is 24.3 Å². The second kappa shape index (κ2) is 11.6. The molecular formula is C23H29N3O5. The van der Waals surface area contributed by atoms with Crippen molar-refractivity contribution in [2.75, 3.05) is 31.2 Å². The molecule has 0 fully saturated rings. The summed E-state index contributed by atoms with van der Waals surface area (Å²) in [5, 5.41) is 0. The van der Waals surface area contributed by atoms with Crippen molar-refractivity contribution in [3.8, 4) is 5.75 Å². The van der Waals surface area contributed by atoms with Crippen molar-refractivity contribution in [1.82, 2.24) is 10.9 Å². The zero-order valence-corrected chi connectivity index (χ0v) is 18.4. The van der Waals surface area contributed by atoms with Crippen molar-refractivity contribution >= 4 is 23.5 Å². The number of ether oxygens (including phenoxy) is 2. The smallest absolute Gasteiger partial charge is 0.344 e. The maximum absolute atomic E-state index is 12.2. The SMILES string of the molecule is CCN(CC)c1ccc(C(=O)NNC(=O)COC(=O)COc2cc(C)cc(C)c2)cc1. The Kier molecular flexibility index (Phi) is 8.87. The first-order valence-corrected chi connectivity index (χ1v) is 10.1. The molecule has 0 aliphatic rings. The zero-order chi connectivity index (χ0) is 22.8. The van der Waals surface area contributed by atoms with Crippen LogP contribution in [0.15, 0.2) is 42.5 Å². The molecule has 0 saturated heterocycles. The average Bonchev–Trinajstić information content (AvgIpc) is 2.75. The number of aryl methyl sites for hydroxylation is 2. The fourth-order valence-corrected chi connectivity index (χ4v) is 2.99. The summed E-state index contributed by atoms with van der Waals surface area (Å²) < 4.78 is 10.2. The van der Waals surface area contributed by atoms with Gasteiger partial charge in [0.1, 0.15) is 5.75 Å². The molecule has 0 aliphatic carbocycles. The fourth-order valence-electron chi connectivity index (χ4n) is 2.99. The van der Waals surface area contributed by atoms with Crippen LogP contribution in [0, 0.1) is 13.8 Å². The van der Waals surface area contributed by atoms with E-state index in [-0.39, 0.29) is 6.61 Å². The number of hydrogen-bond acceptors (Lipinski definition) is 6. The Morgan fingerprint density at radius 1 is 0.871 bits per heavy atom. The molecule has 0 saturated carbocycles. The molecule has 2 rings (SSSR count). The van der Waals surface area contributed by atoms with Gasteiger partial charge in [-0.15, -0.1) is 0 Å². The number of benzene rings is 2. The number of nitrogens with one attached hydrogen (secondary N) is 2. The van der Waals surface area contributed by atoms with E-state index in [2.05, 4.69) is 29.6 Å². The largest absolute Gasteiger partial charge is 0.482 e. The molecule has 166 valence electrons. The second-order valence-corrected chi connectivity index (χ2v) is 6.99. The topological polar surface area (TPSA) is 97.0 Å². The van der Waals surface area contributed by atoms with Gasteiger partial charge in [-0.05, 0) is 75.2 Å². The first-order chi connectivity index (χ1) is 14.8. The Hall–Kier alpha value is -3.55. The molecule has 31 heavy (non-hydrogen) atoms. The molecule has 0 radical (unpaired) electrons. The fraction of sp³-hybridized carbons (Fsp3) is 0.348. The molecule has 0 spiro atoms. The van der Waals surface area contributed by atoms with Crippen LogP contribution in [0.2, 0.25) is 0 Å². The number of carbonyl (C=O) groups excluding carboxylic acids is 3. The van der Waals surface area contributed by atoms with Crippen LogP contribution in [0.5, 0.6) is 5.75 Å². The molecule has 2 amide bonds. The van der Waals surface area contributed by atoms with E-state index in [0.29, 0.717) is 11.3 Å². The van der Waals surface area contributed by atoms with Crippen LogP contribution in [0.3, 0.4) is 0 Å². The zero-order valence-electron chi connectivity index (χ0n) is 18.4. The molecule has 8 nitrogen and oxygen atoms in total. The van der Waals surface area contributed by atoms with Crippen molar-refractivity contribution in [3.63, 3.8) is 0 Å². The van der Waals surface area contributed by atoms with Gasteiger partial charge in [-0.3, -0.25) is 20.4 Å². The van der Waals surface area contributed by atoms with E-state index in [9.17, 15) is 14.4 Å². The summed E-state index contributed by atoms with van der Waals surface area (Å²) in [6.45, 7) is 8.85. The van der Waals surface area contributed by atoms with Crippen molar-refractivity contribution in [1.29, 1.82) is 0 Å². The molecule has 0 heterocycles. The normalized spacial score (nSPS) is 10.2. The highest BCUT2D eigenvalue weighted by Gasteiger charge is 2.11. The molecule has 0 aliphatic heterocycles. The van der Waals surface area contributed by atoms with Gasteiger partial charge in [0.2, 0.25) is 0 Å². The highest BCUT2D eigenvalue weighted by Crippen LogP contribution is 2.16. The predicted octanol–water partition coefficient (Wildman–Crippen LogP) is 2.53. The molecule has 2 aromatic rings. The third-order valence-electron chi connectivity index (χ3n) is 4.49. The first-order valence-electron chi connectivity index (χ1n) is 10.1. The number of carbonyl (C=O) groups is 3. The number of amides is 2. The summed E-state index contributed by atoms with van der Waals surface area (Å²) in [6, 6.07) is 12.7. The third-order valence-corrected chi connectivity index (χ3v) is 4.49. The van der Waals surface area contributed by atoms with Crippen molar-refractivity contribution in [3.05, 3.63) is 59.2 Å². The summed E-state index contributed by atoms with van der Waals surface area (Å²) in [5.74, 6) is -1.26. The van der Waals surface area contributed by atoms with Gasteiger partial charge >= 0.3 is 5.97 Å². The summed E-state index contributed by atoms with van der Waals surface area (Å²) in [5.41, 5.74) is 7.96. The molecule has 2 aromatic carbocycles. The number of rotatable bonds is 9. The Morgan fingerprint density at radius 2 is 1.48 bits per heavy atom. The van der Waals surface area contributed by atoms with Gasteiger partial charge in [-0.2, -0.15) is 0 Å². The van der Waals surface area contributed by atoms with Gasteiger partial charge in [0.05, 0.1) is 0 Å². The van der Waals surface area contributed by atoms with Crippen LogP contribution < -0.4 is 20.5 Å². The van der Waals surface area contributed by atoms with Crippen molar-refractivity contribution in [2.45, 2.75) is 27.7 Å². The lowest BCUT2D eigenvalue weighted by molar-refractivity contribution is -0.150. The number of hydrogen-bond donors (Lipinski definition) is 2. The molecule has 2 N–H and O–H groups in total. The molecule has 0 unspecified atom stereocenters. The Balaban J connectivity index is 1.72. The quantitative estimate of drug-likeness (QED) is 0.472. The van der Waals surface area contributed by atoms with Crippen LogP contribution >= 0.6 is 0 Å². The number of anilines is 1. The maximum atomic E-state index is 12.2. The minimum atomic E-state index is -0.687. The van der Waals surface area contributed by atoms with E-state index >= 15 is 0 Å². The molecular weight excluding hydrogens is 398 g/mol. The van der Waals surface area contributed by atoms with Crippen LogP contribution in [0.1, 0.15) is 35.3 Å². The lowest BCUT2D eigenvalue weighted by Gasteiger charge is -2.21. The number of nitrogens with zero attached hydrogens (tertiary/aromatic N) is 1. The van der Waals surface area contributed by atoms with E-state index in [0.717, 1.165) is 29.9 Å². The molecule has 0 atom stereocenters. The van der Waals surface area contributed by atoms with Crippen LogP contribution in [-0.4, -0.2) is 44.1 Å². The van der Waals surface area contributed by atoms with E-state index < -0.39 is 24.4 Å². The van der Waals surface area contributed by atoms with Gasteiger partial charge in [0.25, 0.3) is 11.8 Å². The predicted molar refractivity (Wildman–Crippen MR) is 118 cm³/mol. The van der Waals surface area contributed by atoms with Crippen LogP contribution in [0.25, 0.3) is 0 Å². The van der Waals surface area contributed by atoms with Gasteiger partial charge in [0.15, 0.2) is 13.2 Å². The highest BCUT2D eigenvalue weighted by molar-refractivity contribution is 5.95. The van der Waals surface area contributed by atoms with Gasteiger partial charge < -0.3 is 14.4 Å². The minimum absolute atomic E-state index is 0.318. The summed E-state index contributed by atoms with van der Waals surface area (Å²) in [4.78, 5) is 37.9. The lowest BCUT2D eigenvalue weighted by atomic mass is 10.1. The summed E-state index contributed by atoms with van der Waals surface area (Å²) >= 11 is 0. The van der Waals surface area contributed by atoms with Crippen molar-refractivity contribution < 1.29 is 23.9 Å². The molecule has 0 aromatic heterocycles. The summed E-state index contributed by atoms with van der Waals surface area (Å²) in [6.07, 6.45) is 0. The standard InChI is InChI=1S/C23H29N3O5/c1-5-26(6-2)19-9-7-18(8-10-19)23(29)25-24-21(27)14-31-22(28)15-30-20-12-16(3)11-17(4)13-20/h7-13H,5-6,14-15H2,1-4H3,(H,24,27)(H,25,29).